The number of urea groups is 1. The summed E-state index contributed by atoms with van der Waals surface area (Å²) in [6.45, 7) is 3.53. The van der Waals surface area contributed by atoms with Crippen LogP contribution >= 0.6 is 0 Å². The van der Waals surface area contributed by atoms with E-state index in [0.29, 0.717) is 19.6 Å². The first-order valence-corrected chi connectivity index (χ1v) is 9.30. The molecule has 1 saturated heterocycles. The van der Waals surface area contributed by atoms with Crippen LogP contribution in [0.2, 0.25) is 0 Å². The number of methoxy groups -OCH3 is 1. The smallest absolute Gasteiger partial charge is 0.317 e. The quantitative estimate of drug-likeness (QED) is 0.697. The molecular formula is C20H30N2O4. The summed E-state index contributed by atoms with van der Waals surface area (Å²) in [6, 6.07) is 9.91. The fraction of sp³-hybridized carbons (Fsp3) is 0.600. The van der Waals surface area contributed by atoms with Crippen LogP contribution in [-0.4, -0.2) is 54.9 Å². The number of amides is 2. The number of rotatable bonds is 8. The number of carboxylic acids is 1. The third-order valence-electron chi connectivity index (χ3n) is 4.85. The molecule has 0 radical (unpaired) electrons. The lowest BCUT2D eigenvalue weighted by Crippen LogP contribution is -2.52. The van der Waals surface area contributed by atoms with Gasteiger partial charge in [-0.05, 0) is 37.2 Å². The standard InChI is InChI=1S/C20H30N2O4/c1-15-11-17(19(23)24)14-22(13-15)20(25)21-18(9-6-10-26-2)12-16-7-4-3-5-8-16/h3-5,7-8,15,17-18H,6,9-14H2,1-2H3,(H,21,25)(H,23,24). The Morgan fingerprint density at radius 3 is 2.69 bits per heavy atom. The summed E-state index contributed by atoms with van der Waals surface area (Å²) < 4.78 is 5.13. The van der Waals surface area contributed by atoms with Crippen molar-refractivity contribution >= 4 is 12.0 Å². The van der Waals surface area contributed by atoms with E-state index in [1.54, 1.807) is 12.0 Å². The van der Waals surface area contributed by atoms with E-state index in [9.17, 15) is 14.7 Å². The Kier molecular flexibility index (Phi) is 7.91. The molecule has 0 aliphatic carbocycles. The Morgan fingerprint density at radius 2 is 2.04 bits per heavy atom. The Morgan fingerprint density at radius 1 is 1.31 bits per heavy atom. The minimum Gasteiger partial charge on any atom is -0.481 e. The average Bonchev–Trinajstić information content (AvgIpc) is 2.62. The van der Waals surface area contributed by atoms with Gasteiger partial charge in [0, 0.05) is 32.8 Å². The van der Waals surface area contributed by atoms with Gasteiger partial charge in [-0.2, -0.15) is 0 Å². The second-order valence-corrected chi connectivity index (χ2v) is 7.25. The van der Waals surface area contributed by atoms with Crippen molar-refractivity contribution < 1.29 is 19.4 Å². The number of carbonyl (C=O) groups excluding carboxylic acids is 1. The summed E-state index contributed by atoms with van der Waals surface area (Å²) in [4.78, 5) is 25.7. The van der Waals surface area contributed by atoms with E-state index in [1.807, 2.05) is 25.1 Å². The first-order chi connectivity index (χ1) is 12.5. The molecule has 6 nitrogen and oxygen atoms in total. The molecule has 2 amide bonds. The van der Waals surface area contributed by atoms with Crippen molar-refractivity contribution in [3.05, 3.63) is 35.9 Å². The molecule has 1 aromatic rings. The summed E-state index contributed by atoms with van der Waals surface area (Å²) >= 11 is 0. The number of hydrogen-bond donors (Lipinski definition) is 2. The monoisotopic (exact) mass is 362 g/mol. The minimum absolute atomic E-state index is 0.000519. The van der Waals surface area contributed by atoms with Gasteiger partial charge in [-0.25, -0.2) is 4.79 Å². The molecule has 6 heteroatoms. The van der Waals surface area contributed by atoms with Crippen molar-refractivity contribution in [3.8, 4) is 0 Å². The van der Waals surface area contributed by atoms with E-state index in [2.05, 4.69) is 17.4 Å². The number of hydrogen-bond acceptors (Lipinski definition) is 3. The van der Waals surface area contributed by atoms with E-state index in [-0.39, 0.29) is 24.5 Å². The molecule has 1 heterocycles. The number of piperidine rings is 1. The number of nitrogens with one attached hydrogen (secondary N) is 1. The van der Waals surface area contributed by atoms with E-state index in [0.717, 1.165) is 19.3 Å². The Labute approximate surface area is 155 Å². The number of ether oxygens (including phenoxy) is 1. The van der Waals surface area contributed by atoms with Crippen LogP contribution < -0.4 is 5.32 Å². The molecule has 2 N–H and O–H groups in total. The number of nitrogens with zero attached hydrogens (tertiary/aromatic N) is 1. The lowest BCUT2D eigenvalue weighted by molar-refractivity contribution is -0.143. The van der Waals surface area contributed by atoms with Gasteiger partial charge >= 0.3 is 12.0 Å². The molecule has 0 spiro atoms. The lowest BCUT2D eigenvalue weighted by atomic mass is 9.91. The topological polar surface area (TPSA) is 78.9 Å². The molecular weight excluding hydrogens is 332 g/mol. The summed E-state index contributed by atoms with van der Waals surface area (Å²) in [6.07, 6.45) is 3.06. The molecule has 1 aromatic carbocycles. The predicted octanol–water partition coefficient (Wildman–Crippen LogP) is 2.78. The fourth-order valence-corrected chi connectivity index (χ4v) is 3.56. The fourth-order valence-electron chi connectivity index (χ4n) is 3.56. The summed E-state index contributed by atoms with van der Waals surface area (Å²) in [5, 5.41) is 12.4. The predicted molar refractivity (Wildman–Crippen MR) is 100 cm³/mol. The molecule has 2 rings (SSSR count). The van der Waals surface area contributed by atoms with E-state index < -0.39 is 11.9 Å². The van der Waals surface area contributed by atoms with Crippen molar-refractivity contribution in [2.45, 2.75) is 38.6 Å². The Balaban J connectivity index is 1.98. The van der Waals surface area contributed by atoms with Gasteiger partial charge in [0.2, 0.25) is 0 Å². The Hall–Kier alpha value is -2.08. The largest absolute Gasteiger partial charge is 0.481 e. The minimum atomic E-state index is -0.824. The highest BCUT2D eigenvalue weighted by Crippen LogP contribution is 2.22. The van der Waals surface area contributed by atoms with Gasteiger partial charge in [0.1, 0.15) is 0 Å². The third-order valence-corrected chi connectivity index (χ3v) is 4.85. The first-order valence-electron chi connectivity index (χ1n) is 9.30. The van der Waals surface area contributed by atoms with Crippen LogP contribution in [0.3, 0.4) is 0 Å². The number of likely N-dealkylation sites (tertiary alicyclic amines) is 1. The zero-order valence-electron chi connectivity index (χ0n) is 15.7. The van der Waals surface area contributed by atoms with Crippen molar-refractivity contribution in [2.24, 2.45) is 11.8 Å². The van der Waals surface area contributed by atoms with E-state index in [4.69, 9.17) is 4.74 Å². The molecule has 0 aromatic heterocycles. The molecule has 3 unspecified atom stereocenters. The SMILES string of the molecule is COCCCC(Cc1ccccc1)NC(=O)N1CC(C)CC(C(=O)O)C1. The van der Waals surface area contributed by atoms with Gasteiger partial charge in [-0.1, -0.05) is 37.3 Å². The average molecular weight is 362 g/mol. The van der Waals surface area contributed by atoms with Crippen molar-refractivity contribution in [1.29, 1.82) is 0 Å². The van der Waals surface area contributed by atoms with Gasteiger partial charge in [0.25, 0.3) is 0 Å². The van der Waals surface area contributed by atoms with Gasteiger partial charge in [0.05, 0.1) is 5.92 Å². The highest BCUT2D eigenvalue weighted by Gasteiger charge is 2.32. The van der Waals surface area contributed by atoms with Gasteiger partial charge in [0.15, 0.2) is 0 Å². The summed E-state index contributed by atoms with van der Waals surface area (Å²) in [7, 11) is 1.67. The van der Waals surface area contributed by atoms with Crippen LogP contribution in [0.4, 0.5) is 4.79 Å². The Bertz CT molecular complexity index is 578. The second kappa shape index (κ2) is 10.2. The summed E-state index contributed by atoms with van der Waals surface area (Å²) in [5.41, 5.74) is 1.17. The third kappa shape index (κ3) is 6.33. The number of carbonyl (C=O) groups is 2. The molecule has 1 fully saturated rings. The van der Waals surface area contributed by atoms with Crippen molar-refractivity contribution in [1.82, 2.24) is 10.2 Å². The van der Waals surface area contributed by atoms with E-state index >= 15 is 0 Å². The van der Waals surface area contributed by atoms with E-state index in [1.165, 1.54) is 5.56 Å². The van der Waals surface area contributed by atoms with Crippen LogP contribution in [0.5, 0.6) is 0 Å². The number of carboxylic acid groups (broad SMARTS) is 1. The molecule has 144 valence electrons. The zero-order chi connectivity index (χ0) is 18.9. The number of aliphatic carboxylic acids is 1. The summed E-state index contributed by atoms with van der Waals surface area (Å²) in [5.74, 6) is -1.11. The van der Waals surface area contributed by atoms with Gasteiger partial charge in [-0.15, -0.1) is 0 Å². The second-order valence-electron chi connectivity index (χ2n) is 7.25. The maximum Gasteiger partial charge on any atom is 0.317 e. The van der Waals surface area contributed by atoms with Gasteiger partial charge < -0.3 is 20.1 Å². The van der Waals surface area contributed by atoms with Crippen molar-refractivity contribution in [3.63, 3.8) is 0 Å². The molecule has 1 aliphatic heterocycles. The van der Waals surface area contributed by atoms with Crippen LogP contribution in [-0.2, 0) is 16.0 Å². The lowest BCUT2D eigenvalue weighted by Gasteiger charge is -2.35. The maximum absolute atomic E-state index is 12.7. The normalized spacial score (nSPS) is 21.2. The highest BCUT2D eigenvalue weighted by atomic mass is 16.5. The van der Waals surface area contributed by atoms with Crippen LogP contribution in [0.25, 0.3) is 0 Å². The molecule has 26 heavy (non-hydrogen) atoms. The molecule has 0 bridgehead atoms. The maximum atomic E-state index is 12.7. The van der Waals surface area contributed by atoms with Crippen LogP contribution in [0, 0.1) is 11.8 Å². The molecule has 0 saturated carbocycles. The van der Waals surface area contributed by atoms with Gasteiger partial charge in [-0.3, -0.25) is 4.79 Å². The van der Waals surface area contributed by atoms with Crippen LogP contribution in [0.15, 0.2) is 30.3 Å². The van der Waals surface area contributed by atoms with Crippen LogP contribution in [0.1, 0.15) is 31.7 Å². The highest BCUT2D eigenvalue weighted by molar-refractivity contribution is 5.77. The molecule has 3 atom stereocenters. The van der Waals surface area contributed by atoms with Crippen molar-refractivity contribution in [2.75, 3.05) is 26.8 Å². The number of benzene rings is 1. The first kappa shape index (κ1) is 20.2. The zero-order valence-corrected chi connectivity index (χ0v) is 15.7. The molecule has 1 aliphatic rings.